The summed E-state index contributed by atoms with van der Waals surface area (Å²) in [6.45, 7) is 6.31. The minimum Gasteiger partial charge on any atom is -0.370 e. The molecular weight excluding hydrogens is 532 g/mol. The van der Waals surface area contributed by atoms with E-state index in [2.05, 4.69) is 6.58 Å². The Hall–Kier alpha value is -0.790. The van der Waals surface area contributed by atoms with Crippen LogP contribution in [0.2, 0.25) is 0 Å². The molecule has 0 aromatic carbocycles. The standard InChI is InChI=1S/C23H26O14S/c1-2-3-32-38(24,25)35-17-16(33-17)21(14-8-30-14)23(37-21,18-19(34-18,10-4-26-10)11-5-27-11)22(15-9-31-15)20(36-22,12-6-28-12)13-7-29-13/h2,10-18H,1,3-9H2. The Balaban J connectivity index is 1.07. The fourth-order valence-corrected chi connectivity index (χ4v) is 8.30. The molecule has 0 bridgehead atoms. The Kier molecular flexibility index (Phi) is 3.99. The average Bonchev–Trinajstić information content (AvgIpc) is 3.66. The van der Waals surface area contributed by atoms with Gasteiger partial charge in [0.05, 0.1) is 46.2 Å². The lowest BCUT2D eigenvalue weighted by Crippen LogP contribution is -2.60. The highest BCUT2D eigenvalue weighted by Crippen LogP contribution is 2.83. The van der Waals surface area contributed by atoms with Crippen molar-refractivity contribution in [3.8, 4) is 0 Å². The molecule has 10 fully saturated rings. The van der Waals surface area contributed by atoms with Gasteiger partial charge in [-0.25, -0.2) is 8.37 Å². The van der Waals surface area contributed by atoms with Crippen molar-refractivity contribution >= 4 is 10.4 Å². The molecule has 0 amide bonds. The maximum Gasteiger partial charge on any atom is 0.402 e. The van der Waals surface area contributed by atoms with E-state index < -0.39 is 63.0 Å². The van der Waals surface area contributed by atoms with E-state index in [0.717, 1.165) is 0 Å². The second-order valence-electron chi connectivity index (χ2n) is 11.5. The van der Waals surface area contributed by atoms with Crippen LogP contribution in [0, 0.1) is 0 Å². The SMILES string of the molecule is C=CCOS(=O)(=O)OC1OC1C1(C2CO2)OC1(C1OC1(C1CO1)C1CO1)C1(C2CO2)OC1(C1CO1)C1CO1. The van der Waals surface area contributed by atoms with Crippen LogP contribution in [0.4, 0.5) is 0 Å². The predicted molar refractivity (Wildman–Crippen MR) is 114 cm³/mol. The number of rotatable bonds is 14. The third kappa shape index (κ3) is 2.63. The Labute approximate surface area is 216 Å². The molecule has 0 aromatic rings. The van der Waals surface area contributed by atoms with Crippen molar-refractivity contribution in [3.05, 3.63) is 12.7 Å². The second-order valence-corrected chi connectivity index (χ2v) is 12.8. The monoisotopic (exact) mass is 558 g/mol. The zero-order valence-electron chi connectivity index (χ0n) is 20.1. The fourth-order valence-electron chi connectivity index (χ4n) is 7.60. The largest absolute Gasteiger partial charge is 0.402 e. The minimum atomic E-state index is -4.34. The molecule has 10 rings (SSSR count). The summed E-state index contributed by atoms with van der Waals surface area (Å²) in [6, 6.07) is 0. The fraction of sp³-hybridized carbons (Fsp3) is 0.913. The van der Waals surface area contributed by atoms with Crippen molar-refractivity contribution < 1.29 is 64.2 Å². The van der Waals surface area contributed by atoms with Crippen LogP contribution < -0.4 is 0 Å². The van der Waals surface area contributed by atoms with Gasteiger partial charge in [0.2, 0.25) is 6.29 Å². The first-order valence-corrected chi connectivity index (χ1v) is 14.3. The second kappa shape index (κ2) is 6.64. The highest BCUT2D eigenvalue weighted by atomic mass is 32.3. The molecule has 14 nitrogen and oxygen atoms in total. The first-order valence-electron chi connectivity index (χ1n) is 13.0. The van der Waals surface area contributed by atoms with Gasteiger partial charge < -0.3 is 47.4 Å². The van der Waals surface area contributed by atoms with Crippen molar-refractivity contribution in [1.29, 1.82) is 0 Å². The summed E-state index contributed by atoms with van der Waals surface area (Å²) >= 11 is 0. The zero-order valence-corrected chi connectivity index (χ0v) is 20.9. The number of ether oxygens (including phenoxy) is 10. The van der Waals surface area contributed by atoms with Crippen molar-refractivity contribution in [2.24, 2.45) is 0 Å². The molecule has 10 aliphatic rings. The van der Waals surface area contributed by atoms with E-state index in [0.29, 0.717) is 39.6 Å². The lowest BCUT2D eigenvalue weighted by Gasteiger charge is -2.27. The molecule has 12 atom stereocenters. The first kappa shape index (κ1) is 22.8. The Morgan fingerprint density at radius 3 is 1.82 bits per heavy atom. The van der Waals surface area contributed by atoms with Gasteiger partial charge in [0.15, 0.2) is 28.0 Å². The van der Waals surface area contributed by atoms with Crippen LogP contribution in [0.3, 0.4) is 0 Å². The van der Waals surface area contributed by atoms with Gasteiger partial charge in [-0.2, -0.15) is 8.42 Å². The highest BCUT2D eigenvalue weighted by molar-refractivity contribution is 7.81. The summed E-state index contributed by atoms with van der Waals surface area (Å²) < 4.78 is 95.9. The molecule has 0 N–H and O–H groups in total. The van der Waals surface area contributed by atoms with Crippen LogP contribution in [-0.4, -0.2) is 138 Å². The molecule has 0 radical (unpaired) electrons. The molecule has 15 heteroatoms. The smallest absolute Gasteiger partial charge is 0.370 e. The molecule has 0 aliphatic carbocycles. The summed E-state index contributed by atoms with van der Waals surface area (Å²) in [4.78, 5) is 0. The summed E-state index contributed by atoms with van der Waals surface area (Å²) in [7, 11) is -4.34. The first-order chi connectivity index (χ1) is 18.4. The summed E-state index contributed by atoms with van der Waals surface area (Å²) in [5.41, 5.74) is -4.75. The van der Waals surface area contributed by atoms with Gasteiger partial charge in [-0.1, -0.05) is 6.08 Å². The van der Waals surface area contributed by atoms with Gasteiger partial charge in [-0.3, -0.25) is 0 Å². The Bertz CT molecular complexity index is 1190. The van der Waals surface area contributed by atoms with Crippen molar-refractivity contribution in [3.63, 3.8) is 0 Å². The third-order valence-electron chi connectivity index (χ3n) is 9.64. The maximum atomic E-state index is 12.4. The molecule has 0 spiro atoms. The highest BCUT2D eigenvalue weighted by Gasteiger charge is 3.08. The predicted octanol–water partition coefficient (Wildman–Crippen LogP) is -2.28. The van der Waals surface area contributed by atoms with Gasteiger partial charge in [0.25, 0.3) is 0 Å². The van der Waals surface area contributed by atoms with Crippen LogP contribution in [0.25, 0.3) is 0 Å². The van der Waals surface area contributed by atoms with E-state index >= 15 is 0 Å². The van der Waals surface area contributed by atoms with E-state index in [-0.39, 0.29) is 37.1 Å². The Morgan fingerprint density at radius 2 is 1.29 bits per heavy atom. The van der Waals surface area contributed by atoms with Crippen molar-refractivity contribution in [1.82, 2.24) is 0 Å². The van der Waals surface area contributed by atoms with Gasteiger partial charge >= 0.3 is 10.4 Å². The molecule has 0 aromatic heterocycles. The molecule has 10 heterocycles. The lowest BCUT2D eigenvalue weighted by atomic mass is 9.65. The molecule has 10 saturated heterocycles. The van der Waals surface area contributed by atoms with Crippen LogP contribution in [0.5, 0.6) is 0 Å². The van der Waals surface area contributed by atoms with E-state index in [1.54, 1.807) is 0 Å². The molecule has 10 aliphatic heterocycles. The molecular formula is C23H26O14S. The van der Waals surface area contributed by atoms with Crippen LogP contribution >= 0.6 is 0 Å². The summed E-state index contributed by atoms with van der Waals surface area (Å²) in [6.07, 6.45) is -2.42. The third-order valence-corrected chi connectivity index (χ3v) is 10.5. The molecule has 208 valence electrons. The van der Waals surface area contributed by atoms with E-state index in [9.17, 15) is 8.42 Å². The van der Waals surface area contributed by atoms with E-state index in [1.807, 2.05) is 0 Å². The van der Waals surface area contributed by atoms with Crippen LogP contribution in [0.15, 0.2) is 12.7 Å². The van der Waals surface area contributed by atoms with Gasteiger partial charge in [0, 0.05) is 0 Å². The topological polar surface area (TPSA) is 178 Å². The average molecular weight is 559 g/mol. The van der Waals surface area contributed by atoms with Gasteiger partial charge in [-0.15, -0.1) is 6.58 Å². The molecule has 12 unspecified atom stereocenters. The number of hydrogen-bond donors (Lipinski definition) is 0. The van der Waals surface area contributed by atoms with Gasteiger partial charge in [0.1, 0.15) is 48.8 Å². The van der Waals surface area contributed by atoms with Crippen LogP contribution in [0.1, 0.15) is 0 Å². The van der Waals surface area contributed by atoms with Gasteiger partial charge in [-0.05, 0) is 0 Å². The summed E-state index contributed by atoms with van der Waals surface area (Å²) in [5.74, 6) is 0. The van der Waals surface area contributed by atoms with Crippen molar-refractivity contribution in [2.45, 2.75) is 83.1 Å². The minimum absolute atomic E-state index is 0.140. The number of epoxide rings is 10. The summed E-state index contributed by atoms with van der Waals surface area (Å²) in [5, 5.41) is 0. The molecule has 0 saturated carbocycles. The number of hydrogen-bond acceptors (Lipinski definition) is 14. The van der Waals surface area contributed by atoms with E-state index in [1.165, 1.54) is 6.08 Å². The van der Waals surface area contributed by atoms with Crippen molar-refractivity contribution in [2.75, 3.05) is 46.2 Å². The zero-order chi connectivity index (χ0) is 25.3. The maximum absolute atomic E-state index is 12.4. The quantitative estimate of drug-likeness (QED) is 0.164. The molecule has 38 heavy (non-hydrogen) atoms. The normalized spacial score (nSPS) is 63.5. The van der Waals surface area contributed by atoms with Crippen LogP contribution in [-0.2, 0) is 66.1 Å². The Morgan fingerprint density at radius 1 is 0.763 bits per heavy atom. The van der Waals surface area contributed by atoms with E-state index in [4.69, 9.17) is 55.7 Å². The lowest BCUT2D eigenvalue weighted by molar-refractivity contribution is 0.0994.